The van der Waals surface area contributed by atoms with E-state index in [0.29, 0.717) is 23.2 Å². The molecule has 0 radical (unpaired) electrons. The highest BCUT2D eigenvalue weighted by atomic mass is 32.2. The number of sulfonamides is 1. The van der Waals surface area contributed by atoms with Crippen molar-refractivity contribution in [2.24, 2.45) is 5.14 Å². The Balaban J connectivity index is 1.83. The minimum absolute atomic E-state index is 0.01000. The van der Waals surface area contributed by atoms with Crippen molar-refractivity contribution in [3.8, 4) is 17.0 Å². The molecule has 2 aromatic heterocycles. The molecule has 0 bridgehead atoms. The van der Waals surface area contributed by atoms with Crippen molar-refractivity contribution in [1.82, 2.24) is 9.97 Å². The van der Waals surface area contributed by atoms with Crippen molar-refractivity contribution in [2.75, 3.05) is 19.0 Å². The summed E-state index contributed by atoms with van der Waals surface area (Å²) in [4.78, 5) is 8.98. The van der Waals surface area contributed by atoms with E-state index in [4.69, 9.17) is 14.6 Å². The molecule has 8 nitrogen and oxygen atoms in total. The van der Waals surface area contributed by atoms with Gasteiger partial charge in [-0.1, -0.05) is 6.08 Å². The van der Waals surface area contributed by atoms with Crippen molar-refractivity contribution in [2.45, 2.75) is 24.8 Å². The molecule has 0 amide bonds. The minimum Gasteiger partial charge on any atom is -0.489 e. The Morgan fingerprint density at radius 3 is 2.71 bits per heavy atom. The highest BCUT2D eigenvalue weighted by Crippen LogP contribution is 2.33. The maximum absolute atomic E-state index is 11.7. The smallest absolute Gasteiger partial charge is 0.238 e. The lowest BCUT2D eigenvalue weighted by molar-refractivity contribution is 0.234. The second-order valence-electron chi connectivity index (χ2n) is 6.86. The van der Waals surface area contributed by atoms with E-state index >= 15 is 0 Å². The Bertz CT molecular complexity index is 1160. The number of primary sulfonamides is 1. The van der Waals surface area contributed by atoms with Crippen molar-refractivity contribution in [1.29, 1.82) is 0 Å². The predicted octanol–water partition coefficient (Wildman–Crippen LogP) is 4.04. The van der Waals surface area contributed by atoms with E-state index < -0.39 is 10.0 Å². The van der Waals surface area contributed by atoms with Crippen LogP contribution in [0.25, 0.3) is 17.3 Å². The second-order valence-corrected chi connectivity index (χ2v) is 9.28. The molecule has 0 aliphatic rings. The number of nitrogens with one attached hydrogen (secondary N) is 1. The summed E-state index contributed by atoms with van der Waals surface area (Å²) in [6.45, 7) is 4.31. The minimum atomic E-state index is -3.85. The van der Waals surface area contributed by atoms with E-state index in [1.807, 2.05) is 43.5 Å². The number of anilines is 2. The van der Waals surface area contributed by atoms with Crippen molar-refractivity contribution in [3.63, 3.8) is 0 Å². The standard InChI is InChI=1S/C21H24N4O4S2/c1-14(2)29-20-9-8-17(31(22,26)27)11-18(20)24-21-25-19(13-30-21)15-6-7-16(23-12-15)5-4-10-28-3/h4-9,11-14H,10H2,1-3H3,(H,24,25)(H2,22,26,27)/b5-4+. The molecule has 0 fully saturated rings. The van der Waals surface area contributed by atoms with Crippen LogP contribution in [0.15, 0.2) is 52.9 Å². The summed E-state index contributed by atoms with van der Waals surface area (Å²) in [5, 5.41) is 10.9. The summed E-state index contributed by atoms with van der Waals surface area (Å²) < 4.78 is 34.3. The molecule has 1 aromatic carbocycles. The Morgan fingerprint density at radius 2 is 2.06 bits per heavy atom. The molecule has 31 heavy (non-hydrogen) atoms. The maximum atomic E-state index is 11.7. The van der Waals surface area contributed by atoms with Gasteiger partial charge in [0.25, 0.3) is 0 Å². The van der Waals surface area contributed by atoms with Crippen LogP contribution in [-0.4, -0.2) is 38.2 Å². The average Bonchev–Trinajstić information content (AvgIpc) is 3.17. The Kier molecular flexibility index (Phi) is 7.39. The van der Waals surface area contributed by atoms with Crippen LogP contribution in [0, 0.1) is 0 Å². The van der Waals surface area contributed by atoms with Gasteiger partial charge in [0.05, 0.1) is 34.7 Å². The molecule has 3 aromatic rings. The first kappa shape index (κ1) is 22.9. The van der Waals surface area contributed by atoms with Gasteiger partial charge in [0.1, 0.15) is 5.75 Å². The zero-order chi connectivity index (χ0) is 22.4. The number of rotatable bonds is 9. The van der Waals surface area contributed by atoms with Gasteiger partial charge in [-0.25, -0.2) is 18.5 Å². The lowest BCUT2D eigenvalue weighted by Gasteiger charge is -2.15. The van der Waals surface area contributed by atoms with Gasteiger partial charge in [-0.15, -0.1) is 11.3 Å². The van der Waals surface area contributed by atoms with E-state index in [1.165, 1.54) is 23.5 Å². The highest BCUT2D eigenvalue weighted by Gasteiger charge is 2.15. The Labute approximate surface area is 185 Å². The fourth-order valence-electron chi connectivity index (χ4n) is 2.64. The van der Waals surface area contributed by atoms with Crippen LogP contribution < -0.4 is 15.2 Å². The lowest BCUT2D eigenvalue weighted by Crippen LogP contribution is -2.13. The molecule has 0 aliphatic heterocycles. The first-order valence-electron chi connectivity index (χ1n) is 9.44. The fraction of sp³-hybridized carbons (Fsp3) is 0.238. The summed E-state index contributed by atoms with van der Waals surface area (Å²) in [6, 6.07) is 8.28. The number of nitrogens with zero attached hydrogens (tertiary/aromatic N) is 2. The van der Waals surface area contributed by atoms with Gasteiger partial charge >= 0.3 is 0 Å². The summed E-state index contributed by atoms with van der Waals surface area (Å²) in [5.41, 5.74) is 2.91. The molecule has 0 aliphatic carbocycles. The van der Waals surface area contributed by atoms with Gasteiger partial charge in [0.2, 0.25) is 10.0 Å². The predicted molar refractivity (Wildman–Crippen MR) is 123 cm³/mol. The average molecular weight is 461 g/mol. The number of methoxy groups -OCH3 is 1. The zero-order valence-corrected chi connectivity index (χ0v) is 19.0. The van der Waals surface area contributed by atoms with Crippen LogP contribution in [0.2, 0.25) is 0 Å². The fourth-order valence-corrected chi connectivity index (χ4v) is 3.91. The molecular formula is C21H24N4O4S2. The van der Waals surface area contributed by atoms with Crippen LogP contribution >= 0.6 is 11.3 Å². The number of thiazole rings is 1. The van der Waals surface area contributed by atoms with Crippen LogP contribution in [0.1, 0.15) is 19.5 Å². The van der Waals surface area contributed by atoms with E-state index in [-0.39, 0.29) is 11.0 Å². The number of benzene rings is 1. The van der Waals surface area contributed by atoms with E-state index in [2.05, 4.69) is 15.3 Å². The van der Waals surface area contributed by atoms with Gasteiger partial charge in [0.15, 0.2) is 5.13 Å². The van der Waals surface area contributed by atoms with Crippen LogP contribution in [0.4, 0.5) is 10.8 Å². The van der Waals surface area contributed by atoms with Gasteiger partial charge in [-0.3, -0.25) is 4.98 Å². The first-order chi connectivity index (χ1) is 14.8. The van der Waals surface area contributed by atoms with Gasteiger partial charge in [-0.05, 0) is 50.3 Å². The number of hydrogen-bond acceptors (Lipinski definition) is 8. The highest BCUT2D eigenvalue weighted by molar-refractivity contribution is 7.89. The number of pyridine rings is 1. The van der Waals surface area contributed by atoms with Crippen LogP contribution in [0.3, 0.4) is 0 Å². The molecule has 0 saturated heterocycles. The van der Waals surface area contributed by atoms with Gasteiger partial charge in [0, 0.05) is 24.3 Å². The normalized spacial score (nSPS) is 11.9. The monoisotopic (exact) mass is 460 g/mol. The SMILES string of the molecule is COC/C=C/c1ccc(-c2csc(Nc3cc(S(N)(=O)=O)ccc3OC(C)C)n2)cn1. The second kappa shape index (κ2) is 10.0. The third kappa shape index (κ3) is 6.34. The third-order valence-electron chi connectivity index (χ3n) is 4.02. The van der Waals surface area contributed by atoms with Crippen molar-refractivity contribution >= 4 is 38.3 Å². The zero-order valence-electron chi connectivity index (χ0n) is 17.4. The summed E-state index contributed by atoms with van der Waals surface area (Å²) >= 11 is 1.38. The van der Waals surface area contributed by atoms with E-state index in [1.54, 1.807) is 19.4 Å². The summed E-state index contributed by atoms with van der Waals surface area (Å²) in [7, 11) is -2.21. The van der Waals surface area contributed by atoms with Crippen molar-refractivity contribution < 1.29 is 17.9 Å². The summed E-state index contributed by atoms with van der Waals surface area (Å²) in [6.07, 6.45) is 5.44. The molecule has 3 N–H and O–H groups in total. The van der Waals surface area contributed by atoms with E-state index in [0.717, 1.165) is 17.0 Å². The van der Waals surface area contributed by atoms with Gasteiger partial charge < -0.3 is 14.8 Å². The van der Waals surface area contributed by atoms with E-state index in [9.17, 15) is 8.42 Å². The van der Waals surface area contributed by atoms with Crippen molar-refractivity contribution in [3.05, 3.63) is 53.7 Å². The molecule has 0 spiro atoms. The number of hydrogen-bond donors (Lipinski definition) is 2. The Hall–Kier alpha value is -2.79. The Morgan fingerprint density at radius 1 is 1.26 bits per heavy atom. The molecule has 0 atom stereocenters. The van der Waals surface area contributed by atoms with Gasteiger partial charge in [-0.2, -0.15) is 0 Å². The number of aromatic nitrogens is 2. The largest absolute Gasteiger partial charge is 0.489 e. The quantitative estimate of drug-likeness (QED) is 0.495. The molecule has 164 valence electrons. The topological polar surface area (TPSA) is 116 Å². The molecule has 0 saturated carbocycles. The molecule has 2 heterocycles. The molecular weight excluding hydrogens is 436 g/mol. The summed E-state index contributed by atoms with van der Waals surface area (Å²) in [5.74, 6) is 0.507. The number of ether oxygens (including phenoxy) is 2. The molecule has 3 rings (SSSR count). The van der Waals surface area contributed by atoms with Crippen LogP contribution in [0.5, 0.6) is 5.75 Å². The first-order valence-corrected chi connectivity index (χ1v) is 11.9. The molecule has 10 heteroatoms. The number of nitrogens with two attached hydrogens (primary N) is 1. The molecule has 0 unspecified atom stereocenters. The third-order valence-corrected chi connectivity index (χ3v) is 5.69. The lowest BCUT2D eigenvalue weighted by atomic mass is 10.2. The van der Waals surface area contributed by atoms with Crippen LogP contribution in [-0.2, 0) is 14.8 Å². The maximum Gasteiger partial charge on any atom is 0.238 e.